The molecule has 0 bridgehead atoms. The maximum Gasteiger partial charge on any atom is 0.251 e. The predicted octanol–water partition coefficient (Wildman–Crippen LogP) is 4.64. The number of rotatable bonds is 8. The van der Waals surface area contributed by atoms with Gasteiger partial charge in [-0.2, -0.15) is 4.98 Å². The summed E-state index contributed by atoms with van der Waals surface area (Å²) in [5.41, 5.74) is 4.00. The Kier molecular flexibility index (Phi) is 8.05. The Morgan fingerprint density at radius 1 is 1.19 bits per heavy atom. The molecule has 0 unspecified atom stereocenters. The Labute approximate surface area is 218 Å². The van der Waals surface area contributed by atoms with Crippen molar-refractivity contribution >= 4 is 28.8 Å². The fraction of sp³-hybridized carbons (Fsp3) is 0.519. The molecule has 0 spiro atoms. The molecular weight excluding hydrogens is 476 g/mol. The van der Waals surface area contributed by atoms with Crippen molar-refractivity contribution in [3.8, 4) is 5.88 Å². The number of imidazole rings is 1. The molecule has 9 heteroatoms. The van der Waals surface area contributed by atoms with E-state index in [1.807, 2.05) is 30.5 Å². The zero-order valence-electron chi connectivity index (χ0n) is 22.1. The van der Waals surface area contributed by atoms with E-state index >= 15 is 0 Å². The van der Waals surface area contributed by atoms with E-state index in [0.29, 0.717) is 34.2 Å². The number of amides is 1. The first kappa shape index (κ1) is 26.2. The van der Waals surface area contributed by atoms with Gasteiger partial charge in [-0.1, -0.05) is 11.6 Å². The van der Waals surface area contributed by atoms with Gasteiger partial charge in [-0.3, -0.25) is 9.20 Å². The summed E-state index contributed by atoms with van der Waals surface area (Å²) >= 11 is 6.56. The Hall–Kier alpha value is -2.84. The number of nitrogens with one attached hydrogen (secondary N) is 1. The molecule has 1 aliphatic carbocycles. The molecule has 2 aromatic heterocycles. The van der Waals surface area contributed by atoms with Crippen LogP contribution in [-0.4, -0.2) is 65.0 Å². The van der Waals surface area contributed by atoms with Crippen LogP contribution in [0.3, 0.4) is 0 Å². The standard InChI is InChI=1S/C27H37ClN6O2/c1-7-33(21-10-8-20(9-11-21)32(4)5)24-15-19(28)14-22(17(24)2)26(35)30-16-23-25-29-12-13-34(25)18(3)31-27(23)36-6/h12-15,20-21H,7-11,16H2,1-6H3,(H,30,35). The van der Waals surface area contributed by atoms with Gasteiger partial charge in [0.25, 0.3) is 5.91 Å². The zero-order chi connectivity index (χ0) is 26.0. The van der Waals surface area contributed by atoms with Crippen LogP contribution in [0.25, 0.3) is 5.65 Å². The third-order valence-corrected chi connectivity index (χ3v) is 7.70. The summed E-state index contributed by atoms with van der Waals surface area (Å²) < 4.78 is 7.38. The van der Waals surface area contributed by atoms with E-state index in [4.69, 9.17) is 16.3 Å². The van der Waals surface area contributed by atoms with Gasteiger partial charge in [-0.05, 0) is 78.2 Å². The largest absolute Gasteiger partial charge is 0.481 e. The van der Waals surface area contributed by atoms with Crippen molar-refractivity contribution in [3.05, 3.63) is 52.1 Å². The summed E-state index contributed by atoms with van der Waals surface area (Å²) in [4.78, 5) is 27.1. The molecule has 0 saturated heterocycles. The number of halogens is 1. The summed E-state index contributed by atoms with van der Waals surface area (Å²) in [5.74, 6) is 1.04. The van der Waals surface area contributed by atoms with E-state index in [9.17, 15) is 4.79 Å². The molecule has 2 heterocycles. The smallest absolute Gasteiger partial charge is 0.251 e. The summed E-state index contributed by atoms with van der Waals surface area (Å²) in [6.07, 6.45) is 8.18. The number of carbonyl (C=O) groups excluding carboxylic acids is 1. The molecular formula is C27H37ClN6O2. The molecule has 8 nitrogen and oxygen atoms in total. The minimum Gasteiger partial charge on any atom is -0.481 e. The summed E-state index contributed by atoms with van der Waals surface area (Å²) in [6, 6.07) is 4.82. The normalized spacial score (nSPS) is 18.0. The molecule has 4 rings (SSSR count). The maximum absolute atomic E-state index is 13.4. The number of anilines is 1. The maximum atomic E-state index is 13.4. The second-order valence-electron chi connectivity index (χ2n) is 9.76. The van der Waals surface area contributed by atoms with Crippen LogP contribution in [0.4, 0.5) is 5.69 Å². The third-order valence-electron chi connectivity index (χ3n) is 7.48. The minimum atomic E-state index is -0.184. The van der Waals surface area contributed by atoms with Crippen LogP contribution in [0, 0.1) is 13.8 Å². The van der Waals surface area contributed by atoms with Crippen molar-refractivity contribution in [1.29, 1.82) is 0 Å². The molecule has 1 saturated carbocycles. The number of fused-ring (bicyclic) bond motifs is 1. The number of benzene rings is 1. The third kappa shape index (κ3) is 5.15. The molecule has 0 aliphatic heterocycles. The van der Waals surface area contributed by atoms with Gasteiger partial charge in [0.15, 0.2) is 0 Å². The SMILES string of the molecule is CCN(c1cc(Cl)cc(C(=O)NCc2c(OC)nc(C)n3ccnc23)c1C)C1CCC(N(C)C)CC1. The highest BCUT2D eigenvalue weighted by molar-refractivity contribution is 6.31. The van der Waals surface area contributed by atoms with E-state index in [1.54, 1.807) is 19.4 Å². The zero-order valence-corrected chi connectivity index (χ0v) is 22.9. The van der Waals surface area contributed by atoms with E-state index < -0.39 is 0 Å². The second kappa shape index (κ2) is 11.0. The first-order valence-corrected chi connectivity index (χ1v) is 13.0. The average molecular weight is 513 g/mol. The molecule has 36 heavy (non-hydrogen) atoms. The van der Waals surface area contributed by atoms with E-state index in [-0.39, 0.29) is 12.5 Å². The van der Waals surface area contributed by atoms with Gasteiger partial charge < -0.3 is 19.9 Å². The van der Waals surface area contributed by atoms with Gasteiger partial charge in [0, 0.05) is 47.3 Å². The summed E-state index contributed by atoms with van der Waals surface area (Å²) in [7, 11) is 5.90. The first-order valence-electron chi connectivity index (χ1n) is 12.6. The Morgan fingerprint density at radius 3 is 2.53 bits per heavy atom. The lowest BCUT2D eigenvalue weighted by atomic mass is 9.89. The predicted molar refractivity (Wildman–Crippen MR) is 144 cm³/mol. The molecule has 1 amide bonds. The summed E-state index contributed by atoms with van der Waals surface area (Å²) in [5, 5.41) is 3.61. The molecule has 1 fully saturated rings. The van der Waals surface area contributed by atoms with Crippen LogP contribution in [0.1, 0.15) is 59.9 Å². The quantitative estimate of drug-likeness (QED) is 0.474. The average Bonchev–Trinajstić information content (AvgIpc) is 3.36. The van der Waals surface area contributed by atoms with Crippen molar-refractivity contribution < 1.29 is 9.53 Å². The monoisotopic (exact) mass is 512 g/mol. The van der Waals surface area contributed by atoms with Gasteiger partial charge in [0.2, 0.25) is 5.88 Å². The van der Waals surface area contributed by atoms with Crippen LogP contribution < -0.4 is 15.0 Å². The number of hydrogen-bond acceptors (Lipinski definition) is 6. The van der Waals surface area contributed by atoms with Gasteiger partial charge in [0.05, 0.1) is 19.2 Å². The molecule has 3 aromatic rings. The number of aryl methyl sites for hydroxylation is 1. The number of ether oxygens (including phenoxy) is 1. The Bertz CT molecular complexity index is 1230. The number of hydrogen-bond donors (Lipinski definition) is 1. The topological polar surface area (TPSA) is 75.0 Å². The fourth-order valence-corrected chi connectivity index (χ4v) is 5.66. The second-order valence-corrected chi connectivity index (χ2v) is 10.2. The van der Waals surface area contributed by atoms with Crippen LogP contribution in [-0.2, 0) is 6.54 Å². The molecule has 1 aliphatic rings. The van der Waals surface area contributed by atoms with Crippen molar-refractivity contribution in [2.24, 2.45) is 0 Å². The van der Waals surface area contributed by atoms with Crippen molar-refractivity contribution in [2.75, 3.05) is 32.6 Å². The van der Waals surface area contributed by atoms with E-state index in [0.717, 1.165) is 42.0 Å². The lowest BCUT2D eigenvalue weighted by Gasteiger charge is -2.40. The van der Waals surface area contributed by atoms with Crippen LogP contribution in [0.2, 0.25) is 5.02 Å². The van der Waals surface area contributed by atoms with Gasteiger partial charge in [-0.25, -0.2) is 4.98 Å². The highest BCUT2D eigenvalue weighted by Crippen LogP contribution is 2.34. The lowest BCUT2D eigenvalue weighted by molar-refractivity contribution is 0.0950. The number of carbonyl (C=O) groups is 1. The van der Waals surface area contributed by atoms with Gasteiger partial charge in [-0.15, -0.1) is 0 Å². The molecule has 1 N–H and O–H groups in total. The van der Waals surface area contributed by atoms with Crippen molar-refractivity contribution in [2.45, 2.75) is 65.1 Å². The molecule has 194 valence electrons. The molecule has 1 aromatic carbocycles. The van der Waals surface area contributed by atoms with Crippen molar-refractivity contribution in [1.82, 2.24) is 24.6 Å². The van der Waals surface area contributed by atoms with Crippen molar-refractivity contribution in [3.63, 3.8) is 0 Å². The number of methoxy groups -OCH3 is 1. The fourth-order valence-electron chi connectivity index (χ4n) is 5.45. The number of nitrogens with zero attached hydrogens (tertiary/aromatic N) is 5. The lowest BCUT2D eigenvalue weighted by Crippen LogP contribution is -2.42. The Morgan fingerprint density at radius 2 is 1.89 bits per heavy atom. The van der Waals surface area contributed by atoms with Crippen LogP contribution in [0.5, 0.6) is 5.88 Å². The molecule has 0 atom stereocenters. The molecule has 0 radical (unpaired) electrons. The van der Waals surface area contributed by atoms with E-state index in [2.05, 4.69) is 46.1 Å². The number of aromatic nitrogens is 3. The van der Waals surface area contributed by atoms with Gasteiger partial charge in [0.1, 0.15) is 11.5 Å². The van der Waals surface area contributed by atoms with Gasteiger partial charge >= 0.3 is 0 Å². The van der Waals surface area contributed by atoms with Crippen LogP contribution >= 0.6 is 11.6 Å². The highest BCUT2D eigenvalue weighted by Gasteiger charge is 2.28. The van der Waals surface area contributed by atoms with E-state index in [1.165, 1.54) is 12.8 Å². The van der Waals surface area contributed by atoms with Crippen LogP contribution in [0.15, 0.2) is 24.5 Å². The minimum absolute atomic E-state index is 0.184. The first-order chi connectivity index (χ1) is 17.2. The Balaban J connectivity index is 1.57. The highest BCUT2D eigenvalue weighted by atomic mass is 35.5. The summed E-state index contributed by atoms with van der Waals surface area (Å²) in [6.45, 7) is 7.18.